The minimum absolute atomic E-state index is 0.0346. The highest BCUT2D eigenvalue weighted by Gasteiger charge is 2.52. The number of nitrogens with one attached hydrogen (secondary N) is 1. The summed E-state index contributed by atoms with van der Waals surface area (Å²) in [5.41, 5.74) is 2.92. The molecular weight excluding hydrogens is 262 g/mol. The summed E-state index contributed by atoms with van der Waals surface area (Å²) in [5.74, 6) is 0.378. The fraction of sp³-hybridized carbons (Fsp3) is 0.167. The van der Waals surface area contributed by atoms with Crippen LogP contribution in [0.1, 0.15) is 24.0 Å². The Kier molecular flexibility index (Phi) is 2.31. The number of hydrogen-bond acceptors (Lipinski definition) is 2. The Hall–Kier alpha value is -2.55. The van der Waals surface area contributed by atoms with Gasteiger partial charge in [-0.25, -0.2) is 0 Å². The van der Waals surface area contributed by atoms with Crippen molar-refractivity contribution in [3.05, 3.63) is 66.2 Å². The van der Waals surface area contributed by atoms with Crippen LogP contribution in [0.5, 0.6) is 5.75 Å². The molecule has 21 heavy (non-hydrogen) atoms. The number of carbonyl (C=O) groups excluding carboxylic acids is 1. The fourth-order valence-corrected chi connectivity index (χ4v) is 3.35. The van der Waals surface area contributed by atoms with Crippen molar-refractivity contribution >= 4 is 17.2 Å². The van der Waals surface area contributed by atoms with Crippen molar-refractivity contribution in [3.8, 4) is 5.75 Å². The molecule has 2 atom stereocenters. The highest BCUT2D eigenvalue weighted by Crippen LogP contribution is 2.52. The zero-order valence-electron chi connectivity index (χ0n) is 11.7. The first-order valence-electron chi connectivity index (χ1n) is 6.99. The van der Waals surface area contributed by atoms with Gasteiger partial charge >= 0.3 is 0 Å². The van der Waals surface area contributed by atoms with Gasteiger partial charge in [0.15, 0.2) is 0 Å². The second-order valence-electron chi connectivity index (χ2n) is 5.69. The lowest BCUT2D eigenvalue weighted by atomic mass is 9.78. The maximum atomic E-state index is 12.5. The van der Waals surface area contributed by atoms with E-state index >= 15 is 0 Å². The second-order valence-corrected chi connectivity index (χ2v) is 5.69. The first kappa shape index (κ1) is 12.2. The number of fused-ring (bicyclic) bond motifs is 2. The third kappa shape index (κ3) is 1.51. The molecule has 0 bridgehead atoms. The van der Waals surface area contributed by atoms with Gasteiger partial charge in [0.05, 0.1) is 0 Å². The van der Waals surface area contributed by atoms with Crippen LogP contribution < -0.4 is 10.1 Å². The summed E-state index contributed by atoms with van der Waals surface area (Å²) in [5, 5.41) is 2.94. The molecule has 2 aromatic rings. The first-order chi connectivity index (χ1) is 10.1. The van der Waals surface area contributed by atoms with E-state index in [0.717, 1.165) is 28.1 Å². The second kappa shape index (κ2) is 3.98. The van der Waals surface area contributed by atoms with Gasteiger partial charge in [0, 0.05) is 11.3 Å². The number of ether oxygens (including phenoxy) is 1. The van der Waals surface area contributed by atoms with E-state index in [2.05, 4.69) is 11.9 Å². The molecule has 2 aliphatic heterocycles. The quantitative estimate of drug-likeness (QED) is 0.865. The zero-order valence-corrected chi connectivity index (χ0v) is 11.7. The van der Waals surface area contributed by atoms with Crippen LogP contribution in [0.2, 0.25) is 0 Å². The minimum Gasteiger partial charge on any atom is -0.481 e. The van der Waals surface area contributed by atoms with E-state index in [0.29, 0.717) is 0 Å². The van der Waals surface area contributed by atoms with Crippen LogP contribution in [0.15, 0.2) is 55.1 Å². The van der Waals surface area contributed by atoms with E-state index in [-0.39, 0.29) is 11.8 Å². The van der Waals surface area contributed by atoms with E-state index < -0.39 is 5.60 Å². The molecule has 0 fully saturated rings. The number of para-hydroxylation sites is 2. The molecule has 0 spiro atoms. The molecule has 0 saturated heterocycles. The maximum absolute atomic E-state index is 12.5. The monoisotopic (exact) mass is 277 g/mol. The van der Waals surface area contributed by atoms with E-state index in [1.54, 1.807) is 0 Å². The third-order valence-corrected chi connectivity index (χ3v) is 4.48. The van der Waals surface area contributed by atoms with Gasteiger partial charge in [-0.05, 0) is 30.2 Å². The molecule has 0 radical (unpaired) electrons. The Morgan fingerprint density at radius 2 is 1.86 bits per heavy atom. The fourth-order valence-electron chi connectivity index (χ4n) is 3.35. The normalized spacial score (nSPS) is 26.0. The summed E-state index contributed by atoms with van der Waals surface area (Å²) in [6.45, 7) is 6.14. The predicted molar refractivity (Wildman–Crippen MR) is 82.3 cm³/mol. The smallest absolute Gasteiger partial charge is 0.236 e. The van der Waals surface area contributed by atoms with Crippen LogP contribution >= 0.6 is 0 Å². The molecule has 2 aliphatic rings. The van der Waals surface area contributed by atoms with Crippen molar-refractivity contribution in [1.82, 2.24) is 0 Å². The Morgan fingerprint density at radius 1 is 1.14 bits per heavy atom. The van der Waals surface area contributed by atoms with E-state index in [9.17, 15) is 4.79 Å². The number of hydrogen-bond donors (Lipinski definition) is 1. The van der Waals surface area contributed by atoms with Gasteiger partial charge < -0.3 is 10.1 Å². The summed E-state index contributed by atoms with van der Waals surface area (Å²) in [6, 6.07) is 15.6. The molecule has 0 saturated carbocycles. The number of benzene rings is 2. The molecule has 3 heteroatoms. The molecule has 104 valence electrons. The average Bonchev–Trinajstić information content (AvgIpc) is 2.95. The third-order valence-electron chi connectivity index (χ3n) is 4.48. The number of rotatable bonds is 1. The van der Waals surface area contributed by atoms with Crippen LogP contribution in [0, 0.1) is 0 Å². The van der Waals surface area contributed by atoms with Crippen molar-refractivity contribution in [3.63, 3.8) is 0 Å². The SMILES string of the molecule is C=C1c2ccccc2O[C@]1(C)[C@H]1C(=O)Nc2ccccc21. The van der Waals surface area contributed by atoms with Crippen molar-refractivity contribution in [2.24, 2.45) is 0 Å². The highest BCUT2D eigenvalue weighted by atomic mass is 16.5. The summed E-state index contributed by atoms with van der Waals surface area (Å²) >= 11 is 0. The van der Waals surface area contributed by atoms with Crippen molar-refractivity contribution in [1.29, 1.82) is 0 Å². The molecule has 0 aliphatic carbocycles. The van der Waals surface area contributed by atoms with E-state index in [1.807, 2.05) is 55.5 Å². The Labute approximate surface area is 123 Å². The van der Waals surface area contributed by atoms with Gasteiger partial charge in [0.1, 0.15) is 17.3 Å². The molecule has 0 unspecified atom stereocenters. The van der Waals surface area contributed by atoms with Gasteiger partial charge in [-0.3, -0.25) is 4.79 Å². The van der Waals surface area contributed by atoms with Gasteiger partial charge in [-0.1, -0.05) is 43.0 Å². The molecular formula is C18H15NO2. The Morgan fingerprint density at radius 3 is 2.67 bits per heavy atom. The lowest BCUT2D eigenvalue weighted by molar-refractivity contribution is -0.119. The molecule has 2 aromatic carbocycles. The van der Waals surface area contributed by atoms with Crippen LogP contribution in [0.3, 0.4) is 0 Å². The lowest BCUT2D eigenvalue weighted by Crippen LogP contribution is -2.40. The standard InChI is InChI=1S/C18H15NO2/c1-11-12-7-4-6-10-15(12)21-18(11,2)16-13-8-3-5-9-14(13)19-17(16)20/h3-10,16H,1H2,2H3,(H,19,20)/t16-,18+/m1/s1. The minimum atomic E-state index is -0.750. The van der Waals surface area contributed by atoms with Gasteiger partial charge in [-0.15, -0.1) is 0 Å². The largest absolute Gasteiger partial charge is 0.481 e. The molecule has 4 rings (SSSR count). The first-order valence-corrected chi connectivity index (χ1v) is 6.99. The van der Waals surface area contributed by atoms with Crippen molar-refractivity contribution in [2.75, 3.05) is 5.32 Å². The number of anilines is 1. The van der Waals surface area contributed by atoms with Crippen molar-refractivity contribution < 1.29 is 9.53 Å². The zero-order chi connectivity index (χ0) is 14.6. The summed E-state index contributed by atoms with van der Waals surface area (Å²) in [6.07, 6.45) is 0. The van der Waals surface area contributed by atoms with Gasteiger partial charge in [0.25, 0.3) is 0 Å². The highest BCUT2D eigenvalue weighted by molar-refractivity contribution is 6.06. The maximum Gasteiger partial charge on any atom is 0.236 e. The Bertz CT molecular complexity index is 780. The van der Waals surface area contributed by atoms with Crippen LogP contribution in [-0.2, 0) is 4.79 Å². The number of amides is 1. The topological polar surface area (TPSA) is 38.3 Å². The summed E-state index contributed by atoms with van der Waals surface area (Å²) < 4.78 is 6.16. The average molecular weight is 277 g/mol. The summed E-state index contributed by atoms with van der Waals surface area (Å²) in [4.78, 5) is 12.5. The summed E-state index contributed by atoms with van der Waals surface area (Å²) in [7, 11) is 0. The van der Waals surface area contributed by atoms with E-state index in [4.69, 9.17) is 4.74 Å². The number of carbonyl (C=O) groups is 1. The predicted octanol–water partition coefficient (Wildman–Crippen LogP) is 3.59. The van der Waals surface area contributed by atoms with Crippen molar-refractivity contribution in [2.45, 2.75) is 18.4 Å². The Balaban J connectivity index is 1.85. The molecule has 3 nitrogen and oxygen atoms in total. The van der Waals surface area contributed by atoms with Gasteiger partial charge in [-0.2, -0.15) is 0 Å². The van der Waals surface area contributed by atoms with Crippen LogP contribution in [-0.4, -0.2) is 11.5 Å². The molecule has 0 aromatic heterocycles. The van der Waals surface area contributed by atoms with Gasteiger partial charge in [0.2, 0.25) is 5.91 Å². The van der Waals surface area contributed by atoms with E-state index in [1.165, 1.54) is 0 Å². The molecule has 2 heterocycles. The molecule has 1 amide bonds. The molecule has 1 N–H and O–H groups in total. The van der Waals surface area contributed by atoms with Crippen LogP contribution in [0.4, 0.5) is 5.69 Å². The lowest BCUT2D eigenvalue weighted by Gasteiger charge is -2.30. The van der Waals surface area contributed by atoms with Crippen LogP contribution in [0.25, 0.3) is 5.57 Å².